The molecular formula is C13H17NO2. The van der Waals surface area contributed by atoms with Gasteiger partial charge in [-0.1, -0.05) is 12.0 Å². The quantitative estimate of drug-likeness (QED) is 0.762. The van der Waals surface area contributed by atoms with Gasteiger partial charge in [-0.3, -0.25) is 5.32 Å². The van der Waals surface area contributed by atoms with Crippen molar-refractivity contribution in [2.24, 2.45) is 0 Å². The van der Waals surface area contributed by atoms with E-state index in [1.807, 2.05) is 26.0 Å². The van der Waals surface area contributed by atoms with E-state index in [0.717, 1.165) is 5.56 Å². The third-order valence-corrected chi connectivity index (χ3v) is 2.38. The fourth-order valence-corrected chi connectivity index (χ4v) is 1.37. The summed E-state index contributed by atoms with van der Waals surface area (Å²) in [5, 5.41) is 12.7. The Kier molecular flexibility index (Phi) is 4.68. The maximum absolute atomic E-state index is 9.46. The van der Waals surface area contributed by atoms with Crippen molar-refractivity contribution < 1.29 is 9.84 Å². The second-order valence-corrected chi connectivity index (χ2v) is 3.46. The van der Waals surface area contributed by atoms with Gasteiger partial charge in [-0.25, -0.2) is 0 Å². The second kappa shape index (κ2) is 6.04. The fraction of sp³-hybridized carbons (Fsp3) is 0.385. The average Bonchev–Trinajstić information content (AvgIpc) is 2.30. The molecule has 0 saturated carbocycles. The van der Waals surface area contributed by atoms with Gasteiger partial charge in [-0.2, -0.15) is 0 Å². The van der Waals surface area contributed by atoms with E-state index < -0.39 is 0 Å². The molecule has 0 spiro atoms. The molecule has 0 radical (unpaired) electrons. The molecule has 0 aliphatic carbocycles. The van der Waals surface area contributed by atoms with Gasteiger partial charge in [-0.05, 0) is 31.5 Å². The molecule has 1 unspecified atom stereocenters. The summed E-state index contributed by atoms with van der Waals surface area (Å²) in [5.41, 5.74) is 1.06. The number of aromatic hydroxyl groups is 1. The molecule has 1 rings (SSSR count). The van der Waals surface area contributed by atoms with E-state index in [1.54, 1.807) is 13.2 Å². The molecule has 0 amide bonds. The Morgan fingerprint density at radius 2 is 2.25 bits per heavy atom. The fourth-order valence-electron chi connectivity index (χ4n) is 1.37. The Morgan fingerprint density at radius 1 is 1.50 bits per heavy atom. The molecule has 0 fully saturated rings. The predicted octanol–water partition coefficient (Wildman–Crippen LogP) is 2.07. The van der Waals surface area contributed by atoms with E-state index in [-0.39, 0.29) is 11.8 Å². The van der Waals surface area contributed by atoms with Crippen molar-refractivity contribution >= 4 is 0 Å². The largest absolute Gasteiger partial charge is 0.504 e. The zero-order valence-corrected chi connectivity index (χ0v) is 9.87. The summed E-state index contributed by atoms with van der Waals surface area (Å²) < 4.78 is 5.06. The number of phenols is 1. The Labute approximate surface area is 96.4 Å². The van der Waals surface area contributed by atoms with E-state index in [2.05, 4.69) is 17.2 Å². The first-order valence-electron chi connectivity index (χ1n) is 5.19. The summed E-state index contributed by atoms with van der Waals surface area (Å²) in [5.74, 6) is 6.43. The van der Waals surface area contributed by atoms with Crippen molar-refractivity contribution in [3.8, 4) is 23.3 Å². The Bertz CT molecular complexity index is 404. The van der Waals surface area contributed by atoms with E-state index in [4.69, 9.17) is 4.74 Å². The van der Waals surface area contributed by atoms with E-state index in [1.165, 1.54) is 0 Å². The number of nitrogens with one attached hydrogen (secondary N) is 1. The summed E-state index contributed by atoms with van der Waals surface area (Å²) in [7, 11) is 1.54. The van der Waals surface area contributed by atoms with Gasteiger partial charge in [0.25, 0.3) is 0 Å². The first-order valence-corrected chi connectivity index (χ1v) is 5.19. The average molecular weight is 219 g/mol. The van der Waals surface area contributed by atoms with Gasteiger partial charge in [0.2, 0.25) is 0 Å². The highest BCUT2D eigenvalue weighted by Gasteiger charge is 2.07. The van der Waals surface area contributed by atoms with Crippen LogP contribution in [-0.2, 0) is 0 Å². The Hall–Kier alpha value is -1.66. The van der Waals surface area contributed by atoms with Crippen molar-refractivity contribution in [1.82, 2.24) is 5.32 Å². The summed E-state index contributed by atoms with van der Waals surface area (Å²) in [6.45, 7) is 4.51. The van der Waals surface area contributed by atoms with Crippen molar-refractivity contribution in [3.05, 3.63) is 23.8 Å². The SMILES string of the molecule is CC#CCNC(C)c1ccc(O)c(OC)c1. The summed E-state index contributed by atoms with van der Waals surface area (Å²) in [6, 6.07) is 5.51. The second-order valence-electron chi connectivity index (χ2n) is 3.46. The van der Waals surface area contributed by atoms with Crippen LogP contribution < -0.4 is 10.1 Å². The normalized spacial score (nSPS) is 11.4. The van der Waals surface area contributed by atoms with Gasteiger partial charge in [-0.15, -0.1) is 5.92 Å². The monoisotopic (exact) mass is 219 g/mol. The molecule has 16 heavy (non-hydrogen) atoms. The standard InChI is InChI=1S/C13H17NO2/c1-4-5-8-14-10(2)11-6-7-12(15)13(9-11)16-3/h6-7,9-10,14-15H,8H2,1-3H3. The van der Waals surface area contributed by atoms with Gasteiger partial charge in [0, 0.05) is 6.04 Å². The van der Waals surface area contributed by atoms with Gasteiger partial charge >= 0.3 is 0 Å². The van der Waals surface area contributed by atoms with Gasteiger partial charge in [0.05, 0.1) is 13.7 Å². The van der Waals surface area contributed by atoms with Gasteiger partial charge < -0.3 is 9.84 Å². The first kappa shape index (κ1) is 12.4. The van der Waals surface area contributed by atoms with Crippen molar-refractivity contribution in [2.45, 2.75) is 19.9 Å². The number of methoxy groups -OCH3 is 1. The van der Waals surface area contributed by atoms with Crippen LogP contribution in [-0.4, -0.2) is 18.8 Å². The number of phenolic OH excluding ortho intramolecular Hbond substituents is 1. The number of rotatable bonds is 4. The highest BCUT2D eigenvalue weighted by Crippen LogP contribution is 2.28. The number of ether oxygens (including phenoxy) is 1. The third-order valence-electron chi connectivity index (χ3n) is 2.38. The Morgan fingerprint density at radius 3 is 2.88 bits per heavy atom. The molecule has 2 N–H and O–H groups in total. The van der Waals surface area contributed by atoms with E-state index >= 15 is 0 Å². The molecule has 0 saturated heterocycles. The Balaban J connectivity index is 2.74. The zero-order valence-electron chi connectivity index (χ0n) is 9.87. The van der Waals surface area contributed by atoms with Gasteiger partial charge in [0.1, 0.15) is 0 Å². The highest BCUT2D eigenvalue weighted by molar-refractivity contribution is 5.42. The predicted molar refractivity (Wildman–Crippen MR) is 64.5 cm³/mol. The summed E-state index contributed by atoms with van der Waals surface area (Å²) >= 11 is 0. The highest BCUT2D eigenvalue weighted by atomic mass is 16.5. The van der Waals surface area contributed by atoms with Gasteiger partial charge in [0.15, 0.2) is 11.5 Å². The minimum absolute atomic E-state index is 0.159. The third kappa shape index (κ3) is 3.18. The maximum atomic E-state index is 9.46. The van der Waals surface area contributed by atoms with Crippen LogP contribution in [0.15, 0.2) is 18.2 Å². The molecule has 86 valence electrons. The van der Waals surface area contributed by atoms with E-state index in [9.17, 15) is 5.11 Å². The van der Waals surface area contributed by atoms with Crippen LogP contribution in [0, 0.1) is 11.8 Å². The van der Waals surface area contributed by atoms with E-state index in [0.29, 0.717) is 12.3 Å². The maximum Gasteiger partial charge on any atom is 0.160 e. The number of benzene rings is 1. The first-order chi connectivity index (χ1) is 7.69. The topological polar surface area (TPSA) is 41.5 Å². The van der Waals surface area contributed by atoms with Crippen LogP contribution in [0.3, 0.4) is 0 Å². The lowest BCUT2D eigenvalue weighted by atomic mass is 10.1. The van der Waals surface area contributed by atoms with Crippen molar-refractivity contribution in [2.75, 3.05) is 13.7 Å². The lowest BCUT2D eigenvalue weighted by Gasteiger charge is -2.13. The molecular weight excluding hydrogens is 202 g/mol. The molecule has 0 aromatic heterocycles. The van der Waals surface area contributed by atoms with Crippen LogP contribution in [0.4, 0.5) is 0 Å². The van der Waals surface area contributed by atoms with Crippen LogP contribution >= 0.6 is 0 Å². The number of hydrogen-bond acceptors (Lipinski definition) is 3. The lowest BCUT2D eigenvalue weighted by molar-refractivity contribution is 0.372. The molecule has 3 heteroatoms. The molecule has 1 aromatic carbocycles. The van der Waals surface area contributed by atoms with Crippen LogP contribution in [0.5, 0.6) is 11.5 Å². The molecule has 0 heterocycles. The molecule has 0 bridgehead atoms. The lowest BCUT2D eigenvalue weighted by Crippen LogP contribution is -2.18. The molecule has 1 atom stereocenters. The summed E-state index contributed by atoms with van der Waals surface area (Å²) in [6.07, 6.45) is 0. The molecule has 3 nitrogen and oxygen atoms in total. The van der Waals surface area contributed by atoms with Crippen LogP contribution in [0.1, 0.15) is 25.5 Å². The number of hydrogen-bond donors (Lipinski definition) is 2. The zero-order chi connectivity index (χ0) is 12.0. The van der Waals surface area contributed by atoms with Crippen molar-refractivity contribution in [3.63, 3.8) is 0 Å². The molecule has 0 aliphatic rings. The molecule has 0 aliphatic heterocycles. The minimum Gasteiger partial charge on any atom is -0.504 e. The van der Waals surface area contributed by atoms with Crippen LogP contribution in [0.25, 0.3) is 0 Å². The minimum atomic E-state index is 0.159. The van der Waals surface area contributed by atoms with Crippen LogP contribution in [0.2, 0.25) is 0 Å². The molecule has 1 aromatic rings. The smallest absolute Gasteiger partial charge is 0.160 e. The summed E-state index contributed by atoms with van der Waals surface area (Å²) in [4.78, 5) is 0. The van der Waals surface area contributed by atoms with Crippen molar-refractivity contribution in [1.29, 1.82) is 0 Å².